The number of ether oxygens (including phenoxy) is 1. The van der Waals surface area contributed by atoms with E-state index in [1.807, 2.05) is 55.5 Å². The molecular formula is C14H14N2O. The molecule has 86 valence electrons. The molecule has 0 atom stereocenters. The Morgan fingerprint density at radius 3 is 1.71 bits per heavy atom. The zero-order valence-corrected chi connectivity index (χ0v) is 9.92. The summed E-state index contributed by atoms with van der Waals surface area (Å²) < 4.78 is 5.07. The van der Waals surface area contributed by atoms with Crippen LogP contribution in [0.3, 0.4) is 0 Å². The van der Waals surface area contributed by atoms with Gasteiger partial charge in [0.15, 0.2) is 0 Å². The third kappa shape index (κ3) is 3.14. The minimum atomic E-state index is 0.811. The Bertz CT molecular complexity index is 501. The predicted molar refractivity (Wildman–Crippen MR) is 68.3 cm³/mol. The zero-order valence-electron chi connectivity index (χ0n) is 9.92. The zero-order chi connectivity index (χ0) is 12.1. The summed E-state index contributed by atoms with van der Waals surface area (Å²) in [7, 11) is 1.64. The lowest BCUT2D eigenvalue weighted by Gasteiger charge is -1.98. The second kappa shape index (κ2) is 5.25. The standard InChI is InChI=1S/C14H14N2O/c1-11-3-5-12(6-4-11)15-16-13-7-9-14(17-2)10-8-13/h3-10H,1-2H3. The Hall–Kier alpha value is -2.16. The van der Waals surface area contributed by atoms with Gasteiger partial charge in [-0.1, -0.05) is 17.7 Å². The Morgan fingerprint density at radius 1 is 0.765 bits per heavy atom. The summed E-state index contributed by atoms with van der Waals surface area (Å²) in [5, 5.41) is 8.31. The van der Waals surface area contributed by atoms with Gasteiger partial charge in [0.1, 0.15) is 5.75 Å². The molecule has 0 amide bonds. The van der Waals surface area contributed by atoms with Gasteiger partial charge in [0, 0.05) is 0 Å². The largest absolute Gasteiger partial charge is 0.497 e. The SMILES string of the molecule is COc1ccc(N=Nc2ccc(C)cc2)cc1. The quantitative estimate of drug-likeness (QED) is 0.713. The third-order valence-corrected chi connectivity index (χ3v) is 2.39. The molecule has 0 aliphatic heterocycles. The van der Waals surface area contributed by atoms with Gasteiger partial charge in [0.25, 0.3) is 0 Å². The number of nitrogens with zero attached hydrogens (tertiary/aromatic N) is 2. The first-order chi connectivity index (χ1) is 8.28. The first kappa shape index (κ1) is 11.3. The Morgan fingerprint density at radius 2 is 1.24 bits per heavy atom. The van der Waals surface area contributed by atoms with Crippen LogP contribution in [0.2, 0.25) is 0 Å². The van der Waals surface area contributed by atoms with Crippen LogP contribution in [0.15, 0.2) is 58.8 Å². The molecule has 3 heteroatoms. The molecule has 0 aliphatic carbocycles. The highest BCUT2D eigenvalue weighted by molar-refractivity contribution is 5.43. The molecule has 17 heavy (non-hydrogen) atoms. The summed E-state index contributed by atoms with van der Waals surface area (Å²) in [6.45, 7) is 2.05. The molecule has 0 unspecified atom stereocenters. The van der Waals surface area contributed by atoms with Crippen LogP contribution in [0.5, 0.6) is 5.75 Å². The van der Waals surface area contributed by atoms with Crippen molar-refractivity contribution in [1.29, 1.82) is 0 Å². The second-order valence-electron chi connectivity index (χ2n) is 3.73. The van der Waals surface area contributed by atoms with E-state index in [9.17, 15) is 0 Å². The molecule has 0 N–H and O–H groups in total. The fourth-order valence-corrected chi connectivity index (χ4v) is 1.38. The van der Waals surface area contributed by atoms with E-state index < -0.39 is 0 Å². The summed E-state index contributed by atoms with van der Waals surface area (Å²) in [4.78, 5) is 0. The van der Waals surface area contributed by atoms with Crippen molar-refractivity contribution in [3.05, 3.63) is 54.1 Å². The van der Waals surface area contributed by atoms with Crippen LogP contribution in [0.4, 0.5) is 11.4 Å². The fourth-order valence-electron chi connectivity index (χ4n) is 1.38. The predicted octanol–water partition coefficient (Wildman–Crippen LogP) is 4.42. The van der Waals surface area contributed by atoms with Crippen LogP contribution in [-0.2, 0) is 0 Å². The molecule has 0 heterocycles. The lowest BCUT2D eigenvalue weighted by molar-refractivity contribution is 0.415. The van der Waals surface area contributed by atoms with Crippen molar-refractivity contribution in [2.24, 2.45) is 10.2 Å². The minimum absolute atomic E-state index is 0.811. The van der Waals surface area contributed by atoms with Crippen molar-refractivity contribution < 1.29 is 4.74 Å². The number of hydrogen-bond acceptors (Lipinski definition) is 3. The molecule has 0 bridgehead atoms. The molecule has 0 aromatic heterocycles. The highest BCUT2D eigenvalue weighted by Crippen LogP contribution is 2.21. The summed E-state index contributed by atoms with van der Waals surface area (Å²) in [6, 6.07) is 15.4. The monoisotopic (exact) mass is 226 g/mol. The summed E-state index contributed by atoms with van der Waals surface area (Å²) in [5.74, 6) is 0.819. The Balaban J connectivity index is 2.11. The van der Waals surface area contributed by atoms with Gasteiger partial charge in [-0.05, 0) is 43.3 Å². The second-order valence-corrected chi connectivity index (χ2v) is 3.73. The maximum atomic E-state index is 5.07. The maximum Gasteiger partial charge on any atom is 0.119 e. The maximum absolute atomic E-state index is 5.07. The van der Waals surface area contributed by atoms with Crippen LogP contribution in [0.25, 0.3) is 0 Å². The first-order valence-corrected chi connectivity index (χ1v) is 5.40. The van der Waals surface area contributed by atoms with Crippen LogP contribution in [0, 0.1) is 6.92 Å². The molecule has 0 saturated heterocycles. The third-order valence-electron chi connectivity index (χ3n) is 2.39. The average Bonchev–Trinajstić information content (AvgIpc) is 2.39. The van der Waals surface area contributed by atoms with Gasteiger partial charge in [-0.25, -0.2) is 0 Å². The van der Waals surface area contributed by atoms with Crippen LogP contribution >= 0.6 is 0 Å². The number of azo groups is 1. The van der Waals surface area contributed by atoms with Gasteiger partial charge < -0.3 is 4.74 Å². The minimum Gasteiger partial charge on any atom is -0.497 e. The van der Waals surface area contributed by atoms with E-state index in [1.54, 1.807) is 7.11 Å². The lowest BCUT2D eigenvalue weighted by atomic mass is 10.2. The van der Waals surface area contributed by atoms with Gasteiger partial charge in [-0.3, -0.25) is 0 Å². The highest BCUT2D eigenvalue weighted by Gasteiger charge is 1.92. The molecule has 0 aliphatic rings. The number of benzene rings is 2. The molecule has 0 radical (unpaired) electrons. The molecule has 2 rings (SSSR count). The topological polar surface area (TPSA) is 34.0 Å². The van der Waals surface area contributed by atoms with Crippen molar-refractivity contribution in [2.75, 3.05) is 7.11 Å². The number of aryl methyl sites for hydroxylation is 1. The number of methoxy groups -OCH3 is 1. The Kier molecular flexibility index (Phi) is 3.50. The smallest absolute Gasteiger partial charge is 0.119 e. The van der Waals surface area contributed by atoms with Crippen molar-refractivity contribution in [3.63, 3.8) is 0 Å². The van der Waals surface area contributed by atoms with E-state index in [-0.39, 0.29) is 0 Å². The highest BCUT2D eigenvalue weighted by atomic mass is 16.5. The molecule has 0 saturated carbocycles. The van der Waals surface area contributed by atoms with E-state index in [2.05, 4.69) is 10.2 Å². The first-order valence-electron chi connectivity index (χ1n) is 5.40. The van der Waals surface area contributed by atoms with Gasteiger partial charge in [-0.15, -0.1) is 0 Å². The van der Waals surface area contributed by atoms with Crippen molar-refractivity contribution in [2.45, 2.75) is 6.92 Å². The Labute approximate surface area is 101 Å². The fraction of sp³-hybridized carbons (Fsp3) is 0.143. The van der Waals surface area contributed by atoms with Gasteiger partial charge in [-0.2, -0.15) is 10.2 Å². The van der Waals surface area contributed by atoms with Crippen LogP contribution in [0.1, 0.15) is 5.56 Å². The lowest BCUT2D eigenvalue weighted by Crippen LogP contribution is -1.79. The van der Waals surface area contributed by atoms with E-state index in [1.165, 1.54) is 5.56 Å². The van der Waals surface area contributed by atoms with Crippen LogP contribution in [-0.4, -0.2) is 7.11 Å². The van der Waals surface area contributed by atoms with Gasteiger partial charge in [0.05, 0.1) is 18.5 Å². The normalized spacial score (nSPS) is 10.7. The average molecular weight is 226 g/mol. The molecule has 3 nitrogen and oxygen atoms in total. The van der Waals surface area contributed by atoms with Gasteiger partial charge in [0.2, 0.25) is 0 Å². The summed E-state index contributed by atoms with van der Waals surface area (Å²) in [6.07, 6.45) is 0. The molecule has 2 aromatic carbocycles. The van der Waals surface area contributed by atoms with Crippen molar-refractivity contribution >= 4 is 11.4 Å². The number of hydrogen-bond donors (Lipinski definition) is 0. The van der Waals surface area contributed by atoms with Crippen LogP contribution < -0.4 is 4.74 Å². The van der Waals surface area contributed by atoms with E-state index >= 15 is 0 Å². The van der Waals surface area contributed by atoms with Crippen molar-refractivity contribution in [1.82, 2.24) is 0 Å². The van der Waals surface area contributed by atoms with E-state index in [0.717, 1.165) is 17.1 Å². The summed E-state index contributed by atoms with van der Waals surface area (Å²) >= 11 is 0. The molecular weight excluding hydrogens is 212 g/mol. The van der Waals surface area contributed by atoms with Gasteiger partial charge >= 0.3 is 0 Å². The molecule has 2 aromatic rings. The summed E-state index contributed by atoms with van der Waals surface area (Å²) in [5.41, 5.74) is 2.88. The van der Waals surface area contributed by atoms with E-state index in [4.69, 9.17) is 4.74 Å². The molecule has 0 spiro atoms. The number of rotatable bonds is 3. The van der Waals surface area contributed by atoms with E-state index in [0.29, 0.717) is 0 Å². The van der Waals surface area contributed by atoms with Crippen molar-refractivity contribution in [3.8, 4) is 5.75 Å². The molecule has 0 fully saturated rings.